The van der Waals surface area contributed by atoms with Gasteiger partial charge in [-0.15, -0.1) is 0 Å². The maximum atomic E-state index is 10.8. The Hall–Kier alpha value is -1.69. The zero-order chi connectivity index (χ0) is 11.7. The highest BCUT2D eigenvalue weighted by Gasteiger charge is 2.15. The lowest BCUT2D eigenvalue weighted by Crippen LogP contribution is -2.01. The standard InChI is InChI=1S/C10H8BrN3O2/c1-6-2-3-12-8(4-6)14-9(11)7(5-13-14)10(15)16/h2-5H,1H3,(H,15,16). The fourth-order valence-electron chi connectivity index (χ4n) is 1.27. The van der Waals surface area contributed by atoms with E-state index < -0.39 is 5.97 Å². The summed E-state index contributed by atoms with van der Waals surface area (Å²) in [6.45, 7) is 1.93. The maximum absolute atomic E-state index is 10.8. The van der Waals surface area contributed by atoms with Crippen molar-refractivity contribution in [2.75, 3.05) is 0 Å². The van der Waals surface area contributed by atoms with Gasteiger partial charge in [-0.2, -0.15) is 5.10 Å². The van der Waals surface area contributed by atoms with Crippen molar-refractivity contribution in [1.29, 1.82) is 0 Å². The number of halogens is 1. The molecular weight excluding hydrogens is 274 g/mol. The van der Waals surface area contributed by atoms with E-state index in [1.807, 2.05) is 19.1 Å². The van der Waals surface area contributed by atoms with Crippen molar-refractivity contribution in [2.24, 2.45) is 0 Å². The van der Waals surface area contributed by atoms with Crippen molar-refractivity contribution < 1.29 is 9.90 Å². The number of hydrogen-bond donors (Lipinski definition) is 1. The van der Waals surface area contributed by atoms with Crippen LogP contribution < -0.4 is 0 Å². The number of hydrogen-bond acceptors (Lipinski definition) is 3. The number of aryl methyl sites for hydroxylation is 1. The predicted molar refractivity (Wildman–Crippen MR) is 60.8 cm³/mol. The number of nitrogens with zero attached hydrogens (tertiary/aromatic N) is 3. The monoisotopic (exact) mass is 281 g/mol. The third-order valence-corrected chi connectivity index (χ3v) is 2.82. The summed E-state index contributed by atoms with van der Waals surface area (Å²) in [5.41, 5.74) is 1.15. The second-order valence-electron chi connectivity index (χ2n) is 3.26. The minimum atomic E-state index is -1.02. The van der Waals surface area contributed by atoms with Gasteiger partial charge in [-0.25, -0.2) is 14.5 Å². The molecule has 0 fully saturated rings. The predicted octanol–water partition coefficient (Wildman–Crippen LogP) is 2.04. The molecule has 82 valence electrons. The molecule has 0 spiro atoms. The molecule has 2 aromatic heterocycles. The lowest BCUT2D eigenvalue weighted by Gasteiger charge is -2.02. The van der Waals surface area contributed by atoms with E-state index in [4.69, 9.17) is 5.11 Å². The van der Waals surface area contributed by atoms with Gasteiger partial charge in [0.25, 0.3) is 0 Å². The lowest BCUT2D eigenvalue weighted by atomic mass is 10.3. The van der Waals surface area contributed by atoms with Gasteiger partial charge in [0.1, 0.15) is 10.2 Å². The average Bonchev–Trinajstić information content (AvgIpc) is 2.60. The summed E-state index contributed by atoms with van der Waals surface area (Å²) in [5, 5.41) is 12.9. The van der Waals surface area contributed by atoms with E-state index in [-0.39, 0.29) is 5.56 Å². The van der Waals surface area contributed by atoms with Crippen molar-refractivity contribution in [3.8, 4) is 5.82 Å². The molecule has 2 heterocycles. The minimum absolute atomic E-state index is 0.114. The third-order valence-electron chi connectivity index (χ3n) is 2.06. The van der Waals surface area contributed by atoms with Gasteiger partial charge in [0, 0.05) is 6.20 Å². The first-order chi connectivity index (χ1) is 7.59. The van der Waals surface area contributed by atoms with Crippen molar-refractivity contribution in [3.05, 3.63) is 40.3 Å². The van der Waals surface area contributed by atoms with Gasteiger partial charge in [-0.1, -0.05) is 0 Å². The Bertz CT molecular complexity index is 551. The number of rotatable bonds is 2. The molecule has 0 atom stereocenters. The van der Waals surface area contributed by atoms with Crippen LogP contribution in [0.4, 0.5) is 0 Å². The van der Waals surface area contributed by atoms with Crippen LogP contribution >= 0.6 is 15.9 Å². The van der Waals surface area contributed by atoms with Gasteiger partial charge >= 0.3 is 5.97 Å². The summed E-state index contributed by atoms with van der Waals surface area (Å²) < 4.78 is 1.83. The molecule has 0 saturated heterocycles. The van der Waals surface area contributed by atoms with Crippen molar-refractivity contribution >= 4 is 21.9 Å². The molecule has 6 heteroatoms. The minimum Gasteiger partial charge on any atom is -0.478 e. The first-order valence-corrected chi connectivity index (χ1v) is 5.28. The highest BCUT2D eigenvalue weighted by atomic mass is 79.9. The molecule has 2 rings (SSSR count). The summed E-state index contributed by atoms with van der Waals surface area (Å²) in [7, 11) is 0. The molecule has 0 aliphatic heterocycles. The third kappa shape index (κ3) is 1.83. The van der Waals surface area contributed by atoms with Crippen LogP contribution in [0.2, 0.25) is 0 Å². The molecule has 0 aliphatic carbocycles. The zero-order valence-corrected chi connectivity index (χ0v) is 9.97. The molecule has 16 heavy (non-hydrogen) atoms. The zero-order valence-electron chi connectivity index (χ0n) is 8.38. The maximum Gasteiger partial charge on any atom is 0.340 e. The van der Waals surface area contributed by atoms with Gasteiger partial charge in [-0.3, -0.25) is 0 Å². The molecule has 0 amide bonds. The Labute approximate surface area is 99.9 Å². The smallest absolute Gasteiger partial charge is 0.340 e. The van der Waals surface area contributed by atoms with Gasteiger partial charge in [0.2, 0.25) is 0 Å². The van der Waals surface area contributed by atoms with Crippen molar-refractivity contribution in [2.45, 2.75) is 6.92 Å². The second-order valence-corrected chi connectivity index (χ2v) is 4.01. The topological polar surface area (TPSA) is 68.0 Å². The van der Waals surface area contributed by atoms with Crippen molar-refractivity contribution in [3.63, 3.8) is 0 Å². The Kier molecular flexibility index (Phi) is 2.74. The SMILES string of the molecule is Cc1ccnc(-n2ncc(C(=O)O)c2Br)c1. The fourth-order valence-corrected chi connectivity index (χ4v) is 1.82. The van der Waals surface area contributed by atoms with E-state index in [1.165, 1.54) is 10.9 Å². The highest BCUT2D eigenvalue weighted by Crippen LogP contribution is 2.19. The quantitative estimate of drug-likeness (QED) is 0.915. The molecule has 0 unspecified atom stereocenters. The van der Waals surface area contributed by atoms with Gasteiger partial charge in [0.15, 0.2) is 5.82 Å². The Morgan fingerprint density at radius 2 is 2.31 bits per heavy atom. The van der Waals surface area contributed by atoms with Gasteiger partial charge in [-0.05, 0) is 40.5 Å². The summed E-state index contributed by atoms with van der Waals surface area (Å²) in [4.78, 5) is 15.0. The second kappa shape index (κ2) is 4.05. The number of carbonyl (C=O) groups is 1. The summed E-state index contributed by atoms with van der Waals surface area (Å²) in [6.07, 6.45) is 2.94. The van der Waals surface area contributed by atoms with Crippen LogP contribution in [-0.2, 0) is 0 Å². The number of aromatic carboxylic acids is 1. The number of pyridine rings is 1. The van der Waals surface area contributed by atoms with Crippen LogP contribution in [0.3, 0.4) is 0 Å². The normalized spacial score (nSPS) is 10.4. The molecule has 0 aromatic carbocycles. The molecule has 0 radical (unpaired) electrons. The number of carboxylic acid groups (broad SMARTS) is 1. The van der Waals surface area contributed by atoms with Crippen LogP contribution in [0.5, 0.6) is 0 Å². The summed E-state index contributed by atoms with van der Waals surface area (Å²) >= 11 is 3.19. The van der Waals surface area contributed by atoms with Gasteiger partial charge < -0.3 is 5.11 Å². The van der Waals surface area contributed by atoms with Crippen molar-refractivity contribution in [1.82, 2.24) is 14.8 Å². The first kappa shape index (κ1) is 10.8. The van der Waals surface area contributed by atoms with E-state index >= 15 is 0 Å². The lowest BCUT2D eigenvalue weighted by molar-refractivity contribution is 0.0696. The van der Waals surface area contributed by atoms with E-state index in [0.29, 0.717) is 10.4 Å². The number of carboxylic acids is 1. The molecule has 1 N–H and O–H groups in total. The molecule has 5 nitrogen and oxygen atoms in total. The Morgan fingerprint density at radius 3 is 2.88 bits per heavy atom. The van der Waals surface area contributed by atoms with Crippen LogP contribution in [0.15, 0.2) is 29.1 Å². The summed E-state index contributed by atoms with van der Waals surface area (Å²) in [5.74, 6) is -0.440. The van der Waals surface area contributed by atoms with Gasteiger partial charge in [0.05, 0.1) is 6.20 Å². The average molecular weight is 282 g/mol. The molecule has 0 aliphatic rings. The molecule has 2 aromatic rings. The number of aromatic nitrogens is 3. The molecule has 0 bridgehead atoms. The Morgan fingerprint density at radius 1 is 1.56 bits per heavy atom. The van der Waals surface area contributed by atoms with Crippen LogP contribution in [0.25, 0.3) is 5.82 Å². The highest BCUT2D eigenvalue weighted by molar-refractivity contribution is 9.10. The van der Waals surface area contributed by atoms with Crippen LogP contribution in [-0.4, -0.2) is 25.8 Å². The largest absolute Gasteiger partial charge is 0.478 e. The van der Waals surface area contributed by atoms with Crippen LogP contribution in [0.1, 0.15) is 15.9 Å². The molecular formula is C10H8BrN3O2. The van der Waals surface area contributed by atoms with E-state index in [2.05, 4.69) is 26.0 Å². The Balaban J connectivity index is 2.53. The van der Waals surface area contributed by atoms with E-state index in [0.717, 1.165) is 5.56 Å². The van der Waals surface area contributed by atoms with E-state index in [9.17, 15) is 4.79 Å². The molecule has 0 saturated carbocycles. The first-order valence-electron chi connectivity index (χ1n) is 4.49. The fraction of sp³-hybridized carbons (Fsp3) is 0.100. The van der Waals surface area contributed by atoms with Crippen LogP contribution in [0, 0.1) is 6.92 Å². The van der Waals surface area contributed by atoms with E-state index in [1.54, 1.807) is 6.20 Å². The summed E-state index contributed by atoms with van der Waals surface area (Å²) in [6, 6.07) is 3.68.